The number of fused-ring (bicyclic) bond motifs is 1. The van der Waals surface area contributed by atoms with Gasteiger partial charge in [0.1, 0.15) is 5.69 Å². The van der Waals surface area contributed by atoms with Gasteiger partial charge in [-0.15, -0.1) is 11.3 Å². The number of nitro benzene ring substituents is 1. The number of nitrogens with two attached hydrogens (primary N) is 1. The molecular formula is C9H8N2O2S. The molecule has 0 atom stereocenters. The van der Waals surface area contributed by atoms with Gasteiger partial charge >= 0.3 is 0 Å². The summed E-state index contributed by atoms with van der Waals surface area (Å²) in [5, 5.41) is 13.3. The van der Waals surface area contributed by atoms with Crippen molar-refractivity contribution in [3.8, 4) is 0 Å². The second kappa shape index (κ2) is 2.95. The highest BCUT2D eigenvalue weighted by molar-refractivity contribution is 7.17. The molecule has 1 heterocycles. The van der Waals surface area contributed by atoms with Gasteiger partial charge in [0.25, 0.3) is 5.69 Å². The second-order valence-electron chi connectivity index (χ2n) is 3.05. The van der Waals surface area contributed by atoms with E-state index in [1.54, 1.807) is 11.3 Å². The van der Waals surface area contributed by atoms with Gasteiger partial charge in [0.15, 0.2) is 0 Å². The molecule has 4 nitrogen and oxygen atoms in total. The summed E-state index contributed by atoms with van der Waals surface area (Å²) in [6, 6.07) is 3.34. The van der Waals surface area contributed by atoms with Crippen molar-refractivity contribution in [2.75, 3.05) is 5.73 Å². The number of anilines is 1. The van der Waals surface area contributed by atoms with Crippen molar-refractivity contribution in [2.45, 2.75) is 6.92 Å². The summed E-state index contributed by atoms with van der Waals surface area (Å²) in [7, 11) is 0. The molecule has 0 bridgehead atoms. The minimum Gasteiger partial charge on any atom is -0.393 e. The molecule has 2 N–H and O–H groups in total. The van der Waals surface area contributed by atoms with Gasteiger partial charge in [-0.25, -0.2) is 0 Å². The molecule has 14 heavy (non-hydrogen) atoms. The summed E-state index contributed by atoms with van der Waals surface area (Å²) in [5.74, 6) is 0. The average molecular weight is 208 g/mol. The molecule has 0 unspecified atom stereocenters. The van der Waals surface area contributed by atoms with E-state index in [1.807, 2.05) is 18.4 Å². The number of aryl methyl sites for hydroxylation is 1. The molecule has 0 aliphatic rings. The van der Waals surface area contributed by atoms with E-state index >= 15 is 0 Å². The van der Waals surface area contributed by atoms with Crippen LogP contribution in [0.15, 0.2) is 17.5 Å². The maximum Gasteiger partial charge on any atom is 0.293 e. The first-order valence-electron chi connectivity index (χ1n) is 4.02. The Balaban J connectivity index is 2.88. The van der Waals surface area contributed by atoms with Crippen molar-refractivity contribution in [3.63, 3.8) is 0 Å². The van der Waals surface area contributed by atoms with Crippen LogP contribution in [0.1, 0.15) is 5.56 Å². The number of rotatable bonds is 1. The van der Waals surface area contributed by atoms with Crippen molar-refractivity contribution in [1.82, 2.24) is 0 Å². The fraction of sp³-hybridized carbons (Fsp3) is 0.111. The van der Waals surface area contributed by atoms with Crippen molar-refractivity contribution in [3.05, 3.63) is 33.2 Å². The van der Waals surface area contributed by atoms with Gasteiger partial charge in [-0.2, -0.15) is 0 Å². The lowest BCUT2D eigenvalue weighted by molar-refractivity contribution is -0.383. The van der Waals surface area contributed by atoms with Crippen molar-refractivity contribution in [2.24, 2.45) is 0 Å². The molecular weight excluding hydrogens is 200 g/mol. The minimum atomic E-state index is -0.445. The Morgan fingerprint density at radius 3 is 2.93 bits per heavy atom. The third-order valence-corrected chi connectivity index (χ3v) is 3.19. The second-order valence-corrected chi connectivity index (χ2v) is 3.96. The normalized spacial score (nSPS) is 10.6. The monoisotopic (exact) mass is 208 g/mol. The number of benzene rings is 1. The first kappa shape index (κ1) is 8.96. The first-order chi connectivity index (χ1) is 6.61. The Morgan fingerprint density at radius 2 is 2.29 bits per heavy atom. The Labute approximate surface area is 84.1 Å². The van der Waals surface area contributed by atoms with Crippen LogP contribution in [0.2, 0.25) is 0 Å². The van der Waals surface area contributed by atoms with Gasteiger partial charge in [-0.3, -0.25) is 10.1 Å². The molecule has 0 amide bonds. The van der Waals surface area contributed by atoms with Gasteiger partial charge in [-0.1, -0.05) is 0 Å². The molecule has 1 aromatic heterocycles. The van der Waals surface area contributed by atoms with Crippen molar-refractivity contribution < 1.29 is 4.92 Å². The molecule has 5 heteroatoms. The van der Waals surface area contributed by atoms with Crippen LogP contribution < -0.4 is 5.73 Å². The summed E-state index contributed by atoms with van der Waals surface area (Å²) in [6.45, 7) is 1.85. The lowest BCUT2D eigenvalue weighted by atomic mass is 10.1. The molecule has 0 aliphatic heterocycles. The van der Waals surface area contributed by atoms with Crippen LogP contribution in [0.4, 0.5) is 11.4 Å². The predicted octanol–water partition coefficient (Wildman–Crippen LogP) is 2.70. The van der Waals surface area contributed by atoms with E-state index < -0.39 is 4.92 Å². The molecule has 1 aromatic carbocycles. The zero-order valence-corrected chi connectivity index (χ0v) is 8.30. The number of nitro groups is 1. The molecule has 0 saturated carbocycles. The highest BCUT2D eigenvalue weighted by Gasteiger charge is 2.16. The summed E-state index contributed by atoms with van der Waals surface area (Å²) in [6.07, 6.45) is 0. The number of nitrogen functional groups attached to an aromatic ring is 1. The Hall–Kier alpha value is -1.62. The van der Waals surface area contributed by atoms with Gasteiger partial charge in [0.05, 0.1) is 4.92 Å². The average Bonchev–Trinajstić information content (AvgIpc) is 2.59. The Kier molecular flexibility index (Phi) is 1.89. The van der Waals surface area contributed by atoms with Crippen LogP contribution in [-0.4, -0.2) is 4.92 Å². The molecule has 0 aliphatic carbocycles. The van der Waals surface area contributed by atoms with E-state index in [1.165, 1.54) is 6.07 Å². The Morgan fingerprint density at radius 1 is 1.57 bits per heavy atom. The smallest absolute Gasteiger partial charge is 0.293 e. The maximum absolute atomic E-state index is 10.7. The SMILES string of the molecule is Cc1cc([N+](=O)[O-])c(N)c2ccsc12. The highest BCUT2D eigenvalue weighted by Crippen LogP contribution is 2.35. The Bertz CT molecular complexity index is 519. The number of nitrogens with zero attached hydrogens (tertiary/aromatic N) is 1. The predicted molar refractivity (Wildman–Crippen MR) is 57.6 cm³/mol. The zero-order valence-electron chi connectivity index (χ0n) is 7.48. The van der Waals surface area contributed by atoms with Crippen LogP contribution in [0.25, 0.3) is 10.1 Å². The molecule has 2 aromatic rings. The maximum atomic E-state index is 10.7. The van der Waals surface area contributed by atoms with Crippen LogP contribution >= 0.6 is 11.3 Å². The summed E-state index contributed by atoms with van der Waals surface area (Å²) in [4.78, 5) is 10.2. The van der Waals surface area contributed by atoms with Gasteiger partial charge in [0.2, 0.25) is 0 Å². The lowest BCUT2D eigenvalue weighted by Gasteiger charge is -2.01. The van der Waals surface area contributed by atoms with Crippen LogP contribution in [0.5, 0.6) is 0 Å². The highest BCUT2D eigenvalue weighted by atomic mass is 32.1. The molecule has 0 fully saturated rings. The van der Waals surface area contributed by atoms with E-state index in [4.69, 9.17) is 5.73 Å². The summed E-state index contributed by atoms with van der Waals surface area (Å²) < 4.78 is 1.02. The third kappa shape index (κ3) is 1.13. The van der Waals surface area contributed by atoms with Crippen molar-refractivity contribution >= 4 is 32.8 Å². The first-order valence-corrected chi connectivity index (χ1v) is 4.90. The summed E-state index contributed by atoms with van der Waals surface area (Å²) in [5.41, 5.74) is 6.85. The fourth-order valence-corrected chi connectivity index (χ4v) is 2.35. The van der Waals surface area contributed by atoms with Crippen LogP contribution in [0.3, 0.4) is 0 Å². The fourth-order valence-electron chi connectivity index (χ4n) is 1.46. The zero-order chi connectivity index (χ0) is 10.3. The van der Waals surface area contributed by atoms with E-state index in [0.717, 1.165) is 15.6 Å². The lowest BCUT2D eigenvalue weighted by Crippen LogP contribution is -1.96. The van der Waals surface area contributed by atoms with E-state index in [0.29, 0.717) is 0 Å². The largest absolute Gasteiger partial charge is 0.393 e. The summed E-state index contributed by atoms with van der Waals surface area (Å²) >= 11 is 1.55. The topological polar surface area (TPSA) is 69.2 Å². The number of thiophene rings is 1. The quantitative estimate of drug-likeness (QED) is 0.445. The standard InChI is InChI=1S/C9H8N2O2S/c1-5-4-7(11(12)13)8(10)6-2-3-14-9(5)6/h2-4H,10H2,1H3. The molecule has 2 rings (SSSR count). The van der Waals surface area contributed by atoms with Crippen molar-refractivity contribution in [1.29, 1.82) is 0 Å². The van der Waals surface area contributed by atoms with Gasteiger partial charge in [0, 0.05) is 16.2 Å². The van der Waals surface area contributed by atoms with Crippen LogP contribution in [-0.2, 0) is 0 Å². The molecule has 0 saturated heterocycles. The van der Waals surface area contributed by atoms with E-state index in [9.17, 15) is 10.1 Å². The van der Waals surface area contributed by atoms with E-state index in [2.05, 4.69) is 0 Å². The molecule has 0 spiro atoms. The number of hydrogen-bond acceptors (Lipinski definition) is 4. The van der Waals surface area contributed by atoms with Gasteiger partial charge in [-0.05, 0) is 23.9 Å². The third-order valence-electron chi connectivity index (χ3n) is 2.14. The van der Waals surface area contributed by atoms with Crippen LogP contribution in [0, 0.1) is 17.0 Å². The minimum absolute atomic E-state index is 0.00611. The number of hydrogen-bond donors (Lipinski definition) is 1. The molecule has 72 valence electrons. The molecule has 0 radical (unpaired) electrons. The van der Waals surface area contributed by atoms with Gasteiger partial charge < -0.3 is 5.73 Å². The van der Waals surface area contributed by atoms with E-state index in [-0.39, 0.29) is 11.4 Å².